The van der Waals surface area contributed by atoms with E-state index in [1.807, 2.05) is 11.9 Å². The second-order valence-corrected chi connectivity index (χ2v) is 4.88. The van der Waals surface area contributed by atoms with Gasteiger partial charge in [0, 0.05) is 32.0 Å². The summed E-state index contributed by atoms with van der Waals surface area (Å²) in [5, 5.41) is 8.81. The SMILES string of the molecule is CCN1CCCC1CN(C)c1ncc(C(=O)O)cn1. The summed E-state index contributed by atoms with van der Waals surface area (Å²) in [7, 11) is 1.95. The molecule has 1 aromatic heterocycles. The third-order valence-electron chi connectivity index (χ3n) is 3.62. The molecule has 1 aliphatic heterocycles. The van der Waals surface area contributed by atoms with Gasteiger partial charge in [-0.3, -0.25) is 4.90 Å². The van der Waals surface area contributed by atoms with Gasteiger partial charge in [0.25, 0.3) is 0 Å². The lowest BCUT2D eigenvalue weighted by atomic mass is 10.2. The van der Waals surface area contributed by atoms with Crippen molar-refractivity contribution in [3.63, 3.8) is 0 Å². The number of hydrogen-bond donors (Lipinski definition) is 1. The quantitative estimate of drug-likeness (QED) is 0.858. The number of hydrogen-bond acceptors (Lipinski definition) is 5. The Labute approximate surface area is 113 Å². The predicted molar refractivity (Wildman–Crippen MR) is 72.5 cm³/mol. The molecule has 0 amide bonds. The average molecular weight is 264 g/mol. The fraction of sp³-hybridized carbons (Fsp3) is 0.615. The highest BCUT2D eigenvalue weighted by Crippen LogP contribution is 2.18. The van der Waals surface area contributed by atoms with Crippen LogP contribution in [0.1, 0.15) is 30.1 Å². The van der Waals surface area contributed by atoms with Crippen molar-refractivity contribution >= 4 is 11.9 Å². The van der Waals surface area contributed by atoms with E-state index in [4.69, 9.17) is 5.11 Å². The maximum Gasteiger partial charge on any atom is 0.338 e. The zero-order valence-electron chi connectivity index (χ0n) is 11.4. The van der Waals surface area contributed by atoms with Crippen molar-refractivity contribution in [2.24, 2.45) is 0 Å². The summed E-state index contributed by atoms with van der Waals surface area (Å²) in [6.45, 7) is 5.28. The summed E-state index contributed by atoms with van der Waals surface area (Å²) in [4.78, 5) is 23.4. The van der Waals surface area contributed by atoms with E-state index >= 15 is 0 Å². The first-order valence-corrected chi connectivity index (χ1v) is 6.62. The monoisotopic (exact) mass is 264 g/mol. The Kier molecular flexibility index (Phi) is 4.31. The summed E-state index contributed by atoms with van der Waals surface area (Å²) < 4.78 is 0. The second kappa shape index (κ2) is 5.97. The van der Waals surface area contributed by atoms with Gasteiger partial charge >= 0.3 is 5.97 Å². The van der Waals surface area contributed by atoms with E-state index in [9.17, 15) is 4.79 Å². The Bertz CT molecular complexity index is 435. The molecule has 6 heteroatoms. The summed E-state index contributed by atoms with van der Waals surface area (Å²) >= 11 is 0. The van der Waals surface area contributed by atoms with Gasteiger partial charge in [0.15, 0.2) is 0 Å². The van der Waals surface area contributed by atoms with Crippen molar-refractivity contribution < 1.29 is 9.90 Å². The first kappa shape index (κ1) is 13.7. The van der Waals surface area contributed by atoms with Gasteiger partial charge in [0.1, 0.15) is 0 Å². The van der Waals surface area contributed by atoms with Crippen LogP contribution in [0, 0.1) is 0 Å². The minimum Gasteiger partial charge on any atom is -0.478 e. The molecule has 1 atom stereocenters. The lowest BCUT2D eigenvalue weighted by Crippen LogP contribution is -2.39. The Morgan fingerprint density at radius 2 is 2.21 bits per heavy atom. The van der Waals surface area contributed by atoms with Crippen LogP contribution in [0.3, 0.4) is 0 Å². The van der Waals surface area contributed by atoms with Crippen molar-refractivity contribution in [2.75, 3.05) is 31.6 Å². The molecule has 2 rings (SSSR count). The van der Waals surface area contributed by atoms with Crippen LogP contribution in [0.2, 0.25) is 0 Å². The van der Waals surface area contributed by atoms with Gasteiger partial charge in [-0.25, -0.2) is 14.8 Å². The molecule has 1 fully saturated rings. The topological polar surface area (TPSA) is 69.6 Å². The van der Waals surface area contributed by atoms with E-state index in [0.717, 1.165) is 19.6 Å². The number of likely N-dealkylation sites (N-methyl/N-ethyl adjacent to an activating group) is 2. The Balaban J connectivity index is 1.99. The number of aromatic nitrogens is 2. The van der Waals surface area contributed by atoms with Gasteiger partial charge in [-0.15, -0.1) is 0 Å². The van der Waals surface area contributed by atoms with Gasteiger partial charge in [-0.2, -0.15) is 0 Å². The zero-order valence-corrected chi connectivity index (χ0v) is 11.4. The molecule has 19 heavy (non-hydrogen) atoms. The van der Waals surface area contributed by atoms with E-state index in [1.54, 1.807) is 0 Å². The first-order chi connectivity index (χ1) is 9.11. The summed E-state index contributed by atoms with van der Waals surface area (Å²) in [5.74, 6) is -0.421. The summed E-state index contributed by atoms with van der Waals surface area (Å²) in [6, 6.07) is 0.540. The van der Waals surface area contributed by atoms with Crippen molar-refractivity contribution in [1.29, 1.82) is 0 Å². The number of anilines is 1. The van der Waals surface area contributed by atoms with Crippen molar-refractivity contribution in [1.82, 2.24) is 14.9 Å². The summed E-state index contributed by atoms with van der Waals surface area (Å²) in [6.07, 6.45) is 5.15. The molecule has 2 heterocycles. The van der Waals surface area contributed by atoms with Crippen LogP contribution in [0.5, 0.6) is 0 Å². The molecule has 0 bridgehead atoms. The van der Waals surface area contributed by atoms with Gasteiger partial charge in [0.05, 0.1) is 5.56 Å². The molecule has 1 saturated heterocycles. The maximum atomic E-state index is 10.7. The highest BCUT2D eigenvalue weighted by molar-refractivity contribution is 5.86. The first-order valence-electron chi connectivity index (χ1n) is 6.62. The highest BCUT2D eigenvalue weighted by atomic mass is 16.4. The molecule has 0 radical (unpaired) electrons. The number of carboxylic acids is 1. The molecular weight excluding hydrogens is 244 g/mol. The fourth-order valence-electron chi connectivity index (χ4n) is 2.54. The normalized spacial score (nSPS) is 19.6. The van der Waals surface area contributed by atoms with Crippen LogP contribution in [0.4, 0.5) is 5.95 Å². The molecule has 0 spiro atoms. The molecule has 0 aromatic carbocycles. The largest absolute Gasteiger partial charge is 0.478 e. The van der Waals surface area contributed by atoms with Gasteiger partial charge in [0.2, 0.25) is 5.95 Å². The second-order valence-electron chi connectivity index (χ2n) is 4.88. The standard InChI is InChI=1S/C13H20N4O2/c1-3-17-6-4-5-11(17)9-16(2)13-14-7-10(8-15-13)12(18)19/h7-8,11H,3-6,9H2,1-2H3,(H,18,19). The van der Waals surface area contributed by atoms with Gasteiger partial charge < -0.3 is 10.0 Å². The molecule has 6 nitrogen and oxygen atoms in total. The number of carbonyl (C=O) groups is 1. The predicted octanol–water partition coefficient (Wildman–Crippen LogP) is 1.10. The van der Waals surface area contributed by atoms with E-state index in [-0.39, 0.29) is 5.56 Å². The van der Waals surface area contributed by atoms with Gasteiger partial charge in [-0.05, 0) is 25.9 Å². The van der Waals surface area contributed by atoms with Gasteiger partial charge in [-0.1, -0.05) is 6.92 Å². The zero-order chi connectivity index (χ0) is 13.8. The molecular formula is C13H20N4O2. The molecule has 1 aliphatic rings. The van der Waals surface area contributed by atoms with E-state index in [1.165, 1.54) is 25.2 Å². The molecule has 1 N–H and O–H groups in total. The third-order valence-corrected chi connectivity index (χ3v) is 3.62. The Hall–Kier alpha value is -1.69. The minimum absolute atomic E-state index is 0.119. The van der Waals surface area contributed by atoms with Crippen LogP contribution >= 0.6 is 0 Å². The number of rotatable bonds is 5. The smallest absolute Gasteiger partial charge is 0.338 e. The van der Waals surface area contributed by atoms with Crippen LogP contribution in [-0.4, -0.2) is 58.7 Å². The number of likely N-dealkylation sites (tertiary alicyclic amines) is 1. The van der Waals surface area contributed by atoms with E-state index < -0.39 is 5.97 Å². The number of nitrogens with zero attached hydrogens (tertiary/aromatic N) is 4. The maximum absolute atomic E-state index is 10.7. The average Bonchev–Trinajstić information content (AvgIpc) is 2.86. The van der Waals surface area contributed by atoms with Crippen molar-refractivity contribution in [2.45, 2.75) is 25.8 Å². The van der Waals surface area contributed by atoms with Crippen LogP contribution in [-0.2, 0) is 0 Å². The van der Waals surface area contributed by atoms with Crippen LogP contribution in [0.15, 0.2) is 12.4 Å². The van der Waals surface area contributed by atoms with Crippen molar-refractivity contribution in [3.8, 4) is 0 Å². The Morgan fingerprint density at radius 3 is 2.79 bits per heavy atom. The summed E-state index contributed by atoms with van der Waals surface area (Å²) in [5.41, 5.74) is 0.119. The molecule has 0 saturated carbocycles. The molecule has 0 aliphatic carbocycles. The third kappa shape index (κ3) is 3.20. The Morgan fingerprint density at radius 1 is 1.53 bits per heavy atom. The number of aromatic carboxylic acids is 1. The highest BCUT2D eigenvalue weighted by Gasteiger charge is 2.24. The number of carboxylic acid groups (broad SMARTS) is 1. The lowest BCUT2D eigenvalue weighted by molar-refractivity contribution is 0.0696. The van der Waals surface area contributed by atoms with Crippen molar-refractivity contribution in [3.05, 3.63) is 18.0 Å². The molecule has 1 aromatic rings. The fourth-order valence-corrected chi connectivity index (χ4v) is 2.54. The molecule has 104 valence electrons. The minimum atomic E-state index is -0.998. The van der Waals surface area contributed by atoms with E-state index in [0.29, 0.717) is 12.0 Å². The van der Waals surface area contributed by atoms with Crippen LogP contribution < -0.4 is 4.90 Å². The lowest BCUT2D eigenvalue weighted by Gasteiger charge is -2.27. The van der Waals surface area contributed by atoms with Crippen LogP contribution in [0.25, 0.3) is 0 Å². The van der Waals surface area contributed by atoms with E-state index in [2.05, 4.69) is 21.8 Å². The molecule has 1 unspecified atom stereocenters.